The maximum Gasteiger partial charge on any atom is 0.416 e. The maximum absolute atomic E-state index is 12.9. The van der Waals surface area contributed by atoms with Crippen LogP contribution in [0.1, 0.15) is 25.1 Å². The summed E-state index contributed by atoms with van der Waals surface area (Å²) in [6.07, 6.45) is 3.54. The minimum Gasteiger partial charge on any atom is -0.303 e. The number of rotatable bonds is 6. The van der Waals surface area contributed by atoms with Crippen molar-refractivity contribution in [3.05, 3.63) is 66.3 Å². The molecule has 1 amide bonds. The number of carbonyl (C=O) groups is 1. The highest BCUT2D eigenvalue weighted by Crippen LogP contribution is 2.31. The van der Waals surface area contributed by atoms with Crippen molar-refractivity contribution in [3.8, 4) is 11.3 Å². The van der Waals surface area contributed by atoms with Crippen LogP contribution in [0.3, 0.4) is 0 Å². The standard InChI is InChI=1S/C20H19F3N4O2/c1-3-5-17(28)27(29-4-2)13-16-12-26-11-10-24-19(26)18(25-16)14-6-8-15(9-7-14)20(21,22)23/h3,5-12H,4,13H2,1-2H3. The molecule has 0 unspecified atom stereocenters. The van der Waals surface area contributed by atoms with E-state index < -0.39 is 11.7 Å². The van der Waals surface area contributed by atoms with Crippen LogP contribution >= 0.6 is 0 Å². The van der Waals surface area contributed by atoms with Crippen LogP contribution in [0.15, 0.2) is 55.0 Å². The summed E-state index contributed by atoms with van der Waals surface area (Å²) in [5, 5.41) is 1.18. The second-order valence-corrected chi connectivity index (χ2v) is 6.11. The molecule has 0 N–H and O–H groups in total. The predicted octanol–water partition coefficient (Wildman–Crippen LogP) is 4.27. The Labute approximate surface area is 165 Å². The third-order valence-electron chi connectivity index (χ3n) is 4.06. The molecule has 0 aliphatic carbocycles. The molecular formula is C20H19F3N4O2. The number of benzene rings is 1. The van der Waals surface area contributed by atoms with E-state index in [-0.39, 0.29) is 12.5 Å². The highest BCUT2D eigenvalue weighted by Gasteiger charge is 2.30. The summed E-state index contributed by atoms with van der Waals surface area (Å²) >= 11 is 0. The van der Waals surface area contributed by atoms with Gasteiger partial charge >= 0.3 is 6.18 Å². The molecule has 0 atom stereocenters. The van der Waals surface area contributed by atoms with Crippen LogP contribution in [0.5, 0.6) is 0 Å². The first-order valence-electron chi connectivity index (χ1n) is 8.90. The Balaban J connectivity index is 2.00. The zero-order valence-corrected chi connectivity index (χ0v) is 15.8. The molecule has 3 aromatic rings. The van der Waals surface area contributed by atoms with Crippen LogP contribution < -0.4 is 0 Å². The molecule has 3 rings (SSSR count). The molecule has 9 heteroatoms. The molecule has 0 saturated carbocycles. The van der Waals surface area contributed by atoms with Gasteiger partial charge in [0.15, 0.2) is 5.65 Å². The molecule has 0 bridgehead atoms. The van der Waals surface area contributed by atoms with Crippen LogP contribution in [-0.2, 0) is 22.4 Å². The minimum absolute atomic E-state index is 0.0682. The van der Waals surface area contributed by atoms with Gasteiger partial charge < -0.3 is 4.40 Å². The SMILES string of the molecule is CC=CC(=O)N(Cc1cn2ccnc2c(-c2ccc(C(F)(F)F)cc2)n1)OCC. The van der Waals surface area contributed by atoms with E-state index in [1.54, 1.807) is 42.9 Å². The van der Waals surface area contributed by atoms with Crippen molar-refractivity contribution in [2.24, 2.45) is 0 Å². The smallest absolute Gasteiger partial charge is 0.303 e. The molecule has 0 saturated heterocycles. The zero-order valence-electron chi connectivity index (χ0n) is 15.8. The monoisotopic (exact) mass is 404 g/mol. The predicted molar refractivity (Wildman–Crippen MR) is 100 cm³/mol. The fraction of sp³-hybridized carbons (Fsp3) is 0.250. The maximum atomic E-state index is 12.9. The normalized spacial score (nSPS) is 12.0. The average molecular weight is 404 g/mol. The van der Waals surface area contributed by atoms with Gasteiger partial charge in [-0.05, 0) is 26.0 Å². The molecule has 0 fully saturated rings. The molecule has 6 nitrogen and oxygen atoms in total. The summed E-state index contributed by atoms with van der Waals surface area (Å²) in [5.74, 6) is -0.335. The summed E-state index contributed by atoms with van der Waals surface area (Å²) in [6, 6.07) is 4.72. The van der Waals surface area contributed by atoms with E-state index in [1.807, 2.05) is 0 Å². The van der Waals surface area contributed by atoms with E-state index in [0.29, 0.717) is 29.2 Å². The largest absolute Gasteiger partial charge is 0.416 e. The van der Waals surface area contributed by atoms with Crippen molar-refractivity contribution in [1.82, 2.24) is 19.4 Å². The molecule has 2 heterocycles. The van der Waals surface area contributed by atoms with Gasteiger partial charge in [-0.1, -0.05) is 18.2 Å². The number of nitrogens with zero attached hydrogens (tertiary/aromatic N) is 4. The second kappa shape index (κ2) is 8.44. The van der Waals surface area contributed by atoms with E-state index in [4.69, 9.17) is 4.84 Å². The summed E-state index contributed by atoms with van der Waals surface area (Å²) in [4.78, 5) is 26.4. The molecular weight excluding hydrogens is 385 g/mol. The van der Waals surface area contributed by atoms with Crippen molar-refractivity contribution in [2.45, 2.75) is 26.6 Å². The Kier molecular flexibility index (Phi) is 5.97. The van der Waals surface area contributed by atoms with E-state index in [0.717, 1.165) is 12.1 Å². The lowest BCUT2D eigenvalue weighted by Gasteiger charge is -2.20. The van der Waals surface area contributed by atoms with E-state index in [2.05, 4.69) is 9.97 Å². The van der Waals surface area contributed by atoms with Gasteiger partial charge in [0.2, 0.25) is 0 Å². The number of hydrogen-bond donors (Lipinski definition) is 0. The second-order valence-electron chi connectivity index (χ2n) is 6.11. The number of allylic oxidation sites excluding steroid dienone is 1. The van der Waals surface area contributed by atoms with Crippen LogP contribution in [0, 0.1) is 0 Å². The number of imidazole rings is 1. The van der Waals surface area contributed by atoms with Crippen molar-refractivity contribution in [3.63, 3.8) is 0 Å². The number of alkyl halides is 3. The van der Waals surface area contributed by atoms with Gasteiger partial charge in [0, 0.05) is 30.2 Å². The Morgan fingerprint density at radius 3 is 2.62 bits per heavy atom. The number of carbonyl (C=O) groups excluding carboxylic acids is 1. The topological polar surface area (TPSA) is 59.7 Å². The van der Waals surface area contributed by atoms with Crippen molar-refractivity contribution in [2.75, 3.05) is 6.61 Å². The van der Waals surface area contributed by atoms with Crippen LogP contribution in [0.4, 0.5) is 13.2 Å². The number of amides is 1. The van der Waals surface area contributed by atoms with Gasteiger partial charge in [-0.25, -0.2) is 15.0 Å². The lowest BCUT2D eigenvalue weighted by Crippen LogP contribution is -2.29. The number of hydrogen-bond acceptors (Lipinski definition) is 4. The van der Waals surface area contributed by atoms with Crippen LogP contribution in [0.25, 0.3) is 16.9 Å². The van der Waals surface area contributed by atoms with E-state index in [9.17, 15) is 18.0 Å². The molecule has 0 spiro atoms. The molecule has 0 aliphatic rings. The van der Waals surface area contributed by atoms with Gasteiger partial charge in [0.05, 0.1) is 24.4 Å². The molecule has 152 valence electrons. The first-order valence-corrected chi connectivity index (χ1v) is 8.90. The highest BCUT2D eigenvalue weighted by molar-refractivity contribution is 5.86. The summed E-state index contributed by atoms with van der Waals surface area (Å²) in [7, 11) is 0. The molecule has 2 aromatic heterocycles. The number of fused-ring (bicyclic) bond motifs is 1. The third kappa shape index (κ3) is 4.62. The number of hydroxylamine groups is 2. The fourth-order valence-corrected chi connectivity index (χ4v) is 2.79. The van der Waals surface area contributed by atoms with Crippen LogP contribution in [-0.4, -0.2) is 31.9 Å². The van der Waals surface area contributed by atoms with Gasteiger partial charge in [-0.3, -0.25) is 9.63 Å². The van der Waals surface area contributed by atoms with Crippen molar-refractivity contribution < 1.29 is 22.8 Å². The highest BCUT2D eigenvalue weighted by atomic mass is 19.4. The van der Waals surface area contributed by atoms with Gasteiger partial charge in [-0.15, -0.1) is 0 Å². The first-order chi connectivity index (χ1) is 13.8. The molecule has 0 radical (unpaired) electrons. The number of aromatic nitrogens is 3. The van der Waals surface area contributed by atoms with Gasteiger partial charge in [-0.2, -0.15) is 13.2 Å². The Bertz CT molecular complexity index is 1030. The third-order valence-corrected chi connectivity index (χ3v) is 4.06. The molecule has 0 aliphatic heterocycles. The molecule has 1 aromatic carbocycles. The summed E-state index contributed by atoms with van der Waals surface area (Å²) in [6.45, 7) is 3.84. The van der Waals surface area contributed by atoms with E-state index in [1.165, 1.54) is 23.3 Å². The number of halogens is 3. The summed E-state index contributed by atoms with van der Waals surface area (Å²) in [5.41, 5.74) is 1.15. The van der Waals surface area contributed by atoms with Gasteiger partial charge in [0.25, 0.3) is 5.91 Å². The Morgan fingerprint density at radius 1 is 1.28 bits per heavy atom. The fourth-order valence-electron chi connectivity index (χ4n) is 2.79. The first kappa shape index (κ1) is 20.5. The molecule has 29 heavy (non-hydrogen) atoms. The van der Waals surface area contributed by atoms with Crippen LogP contribution in [0.2, 0.25) is 0 Å². The van der Waals surface area contributed by atoms with E-state index >= 15 is 0 Å². The van der Waals surface area contributed by atoms with Crippen molar-refractivity contribution >= 4 is 11.6 Å². The average Bonchev–Trinajstić information content (AvgIpc) is 3.15. The lowest BCUT2D eigenvalue weighted by molar-refractivity contribution is -0.183. The Morgan fingerprint density at radius 2 is 2.00 bits per heavy atom. The van der Waals surface area contributed by atoms with Gasteiger partial charge in [0.1, 0.15) is 5.69 Å². The van der Waals surface area contributed by atoms with Crippen molar-refractivity contribution in [1.29, 1.82) is 0 Å². The summed E-state index contributed by atoms with van der Waals surface area (Å²) < 4.78 is 40.3. The quantitative estimate of drug-likeness (QED) is 0.455. The Hall–Kier alpha value is -3.20. The minimum atomic E-state index is -4.42. The lowest BCUT2D eigenvalue weighted by atomic mass is 10.1. The zero-order chi connectivity index (χ0) is 21.0.